The summed E-state index contributed by atoms with van der Waals surface area (Å²) < 4.78 is 6.03. The molecule has 0 radical (unpaired) electrons. The first kappa shape index (κ1) is 13.2. The first-order chi connectivity index (χ1) is 7.54. The standard InChI is InChI=1S/C13H17BrO2/c1-4-16-13(15)12-6-5-11(14)8-10(12)7-9(2)3/h5-6,8-9H,4,7H2,1-3H3. The fourth-order valence-corrected chi connectivity index (χ4v) is 1.99. The summed E-state index contributed by atoms with van der Waals surface area (Å²) in [5.41, 5.74) is 1.72. The van der Waals surface area contributed by atoms with Gasteiger partial charge in [-0.3, -0.25) is 0 Å². The molecule has 0 N–H and O–H groups in total. The minimum absolute atomic E-state index is 0.231. The molecule has 1 aromatic rings. The number of rotatable bonds is 4. The summed E-state index contributed by atoms with van der Waals surface area (Å²) in [6.45, 7) is 6.50. The van der Waals surface area contributed by atoms with Gasteiger partial charge in [-0.05, 0) is 43.0 Å². The molecule has 0 unspecified atom stereocenters. The van der Waals surface area contributed by atoms with Gasteiger partial charge in [-0.1, -0.05) is 29.8 Å². The molecule has 16 heavy (non-hydrogen) atoms. The van der Waals surface area contributed by atoms with E-state index in [-0.39, 0.29) is 5.97 Å². The van der Waals surface area contributed by atoms with Crippen molar-refractivity contribution < 1.29 is 9.53 Å². The van der Waals surface area contributed by atoms with Gasteiger partial charge in [0, 0.05) is 4.47 Å². The summed E-state index contributed by atoms with van der Waals surface area (Å²) in [6, 6.07) is 5.68. The minimum Gasteiger partial charge on any atom is -0.462 e. The zero-order valence-electron chi connectivity index (χ0n) is 9.92. The van der Waals surface area contributed by atoms with E-state index in [4.69, 9.17) is 4.74 Å². The van der Waals surface area contributed by atoms with E-state index in [1.54, 1.807) is 0 Å². The normalized spacial score (nSPS) is 10.6. The zero-order valence-corrected chi connectivity index (χ0v) is 11.5. The second-order valence-corrected chi connectivity index (χ2v) is 5.04. The van der Waals surface area contributed by atoms with Crippen LogP contribution < -0.4 is 0 Å². The highest BCUT2D eigenvalue weighted by Gasteiger charge is 2.13. The summed E-state index contributed by atoms with van der Waals surface area (Å²) in [7, 11) is 0. The average Bonchev–Trinajstić information content (AvgIpc) is 2.16. The predicted molar refractivity (Wildman–Crippen MR) is 68.6 cm³/mol. The predicted octanol–water partition coefficient (Wildman–Crippen LogP) is 3.82. The number of esters is 1. The number of halogens is 1. The Hall–Kier alpha value is -0.830. The molecule has 0 atom stereocenters. The molecule has 0 aliphatic rings. The molecule has 1 rings (SSSR count). The average molecular weight is 285 g/mol. The Morgan fingerprint density at radius 2 is 2.12 bits per heavy atom. The molecule has 0 saturated heterocycles. The molecule has 0 bridgehead atoms. The monoisotopic (exact) mass is 284 g/mol. The summed E-state index contributed by atoms with van der Waals surface area (Å²) in [5.74, 6) is 0.285. The molecule has 0 amide bonds. The lowest BCUT2D eigenvalue weighted by molar-refractivity contribution is 0.0525. The topological polar surface area (TPSA) is 26.3 Å². The molecule has 0 fully saturated rings. The number of carbonyl (C=O) groups excluding carboxylic acids is 1. The van der Waals surface area contributed by atoms with Crippen LogP contribution in [0.25, 0.3) is 0 Å². The highest BCUT2D eigenvalue weighted by atomic mass is 79.9. The lowest BCUT2D eigenvalue weighted by Crippen LogP contribution is -2.09. The molecule has 2 nitrogen and oxygen atoms in total. The fourth-order valence-electron chi connectivity index (χ4n) is 1.58. The smallest absolute Gasteiger partial charge is 0.338 e. The van der Waals surface area contributed by atoms with Gasteiger partial charge >= 0.3 is 5.97 Å². The van der Waals surface area contributed by atoms with Gasteiger partial charge in [-0.25, -0.2) is 4.79 Å². The highest BCUT2D eigenvalue weighted by molar-refractivity contribution is 9.10. The van der Waals surface area contributed by atoms with Crippen molar-refractivity contribution in [3.63, 3.8) is 0 Å². The Labute approximate surface area is 105 Å². The Morgan fingerprint density at radius 1 is 1.44 bits per heavy atom. The zero-order chi connectivity index (χ0) is 12.1. The quantitative estimate of drug-likeness (QED) is 0.786. The van der Waals surface area contributed by atoms with Crippen molar-refractivity contribution in [2.45, 2.75) is 27.2 Å². The molecule has 0 spiro atoms. The third-order valence-corrected chi connectivity index (χ3v) is 2.68. The van der Waals surface area contributed by atoms with E-state index in [0.29, 0.717) is 18.1 Å². The maximum atomic E-state index is 11.7. The van der Waals surface area contributed by atoms with Crippen LogP contribution >= 0.6 is 15.9 Å². The van der Waals surface area contributed by atoms with E-state index in [1.807, 2.05) is 25.1 Å². The van der Waals surface area contributed by atoms with Gasteiger partial charge in [-0.15, -0.1) is 0 Å². The Balaban J connectivity index is 3.02. The molecule has 0 aliphatic carbocycles. The van der Waals surface area contributed by atoms with Gasteiger partial charge in [0.2, 0.25) is 0 Å². The van der Waals surface area contributed by atoms with Crippen LogP contribution in [0.5, 0.6) is 0 Å². The first-order valence-electron chi connectivity index (χ1n) is 5.50. The summed E-state index contributed by atoms with van der Waals surface area (Å²) in [5, 5.41) is 0. The second-order valence-electron chi connectivity index (χ2n) is 4.12. The van der Waals surface area contributed by atoms with E-state index in [9.17, 15) is 4.79 Å². The van der Waals surface area contributed by atoms with Crippen molar-refractivity contribution in [3.05, 3.63) is 33.8 Å². The van der Waals surface area contributed by atoms with Crippen LogP contribution in [-0.4, -0.2) is 12.6 Å². The third kappa shape index (κ3) is 3.63. The summed E-state index contributed by atoms with van der Waals surface area (Å²) in [4.78, 5) is 11.7. The van der Waals surface area contributed by atoms with E-state index in [1.165, 1.54) is 0 Å². The van der Waals surface area contributed by atoms with E-state index in [0.717, 1.165) is 16.5 Å². The fraction of sp³-hybridized carbons (Fsp3) is 0.462. The highest BCUT2D eigenvalue weighted by Crippen LogP contribution is 2.20. The SMILES string of the molecule is CCOC(=O)c1ccc(Br)cc1CC(C)C. The molecule has 0 aliphatic heterocycles. The van der Waals surface area contributed by atoms with Crippen molar-refractivity contribution in [1.29, 1.82) is 0 Å². The summed E-state index contributed by atoms with van der Waals surface area (Å²) >= 11 is 3.42. The summed E-state index contributed by atoms with van der Waals surface area (Å²) in [6.07, 6.45) is 0.883. The van der Waals surface area contributed by atoms with E-state index >= 15 is 0 Å². The van der Waals surface area contributed by atoms with Gasteiger partial charge in [0.15, 0.2) is 0 Å². The molecule has 1 aromatic carbocycles. The van der Waals surface area contributed by atoms with Crippen LogP contribution in [0.3, 0.4) is 0 Å². The molecule has 0 heterocycles. The Kier molecular flexibility index (Phi) is 5.00. The number of benzene rings is 1. The molecular weight excluding hydrogens is 268 g/mol. The molecule has 0 saturated carbocycles. The lowest BCUT2D eigenvalue weighted by atomic mass is 9.98. The maximum absolute atomic E-state index is 11.7. The van der Waals surface area contributed by atoms with Crippen molar-refractivity contribution in [2.75, 3.05) is 6.61 Å². The largest absolute Gasteiger partial charge is 0.462 e. The molecular formula is C13H17BrO2. The van der Waals surface area contributed by atoms with Gasteiger partial charge in [0.05, 0.1) is 12.2 Å². The van der Waals surface area contributed by atoms with Crippen molar-refractivity contribution in [1.82, 2.24) is 0 Å². The van der Waals surface area contributed by atoms with Crippen molar-refractivity contribution in [2.24, 2.45) is 5.92 Å². The first-order valence-corrected chi connectivity index (χ1v) is 6.29. The van der Waals surface area contributed by atoms with Crippen LogP contribution in [0.4, 0.5) is 0 Å². The van der Waals surface area contributed by atoms with Crippen LogP contribution in [0.2, 0.25) is 0 Å². The lowest BCUT2D eigenvalue weighted by Gasteiger charge is -2.11. The maximum Gasteiger partial charge on any atom is 0.338 e. The minimum atomic E-state index is -0.231. The van der Waals surface area contributed by atoms with Gasteiger partial charge in [0.1, 0.15) is 0 Å². The molecule has 88 valence electrons. The number of hydrogen-bond acceptors (Lipinski definition) is 2. The van der Waals surface area contributed by atoms with Gasteiger partial charge in [0.25, 0.3) is 0 Å². The Morgan fingerprint density at radius 3 is 2.69 bits per heavy atom. The number of hydrogen-bond donors (Lipinski definition) is 0. The van der Waals surface area contributed by atoms with Crippen LogP contribution in [0.15, 0.2) is 22.7 Å². The van der Waals surface area contributed by atoms with E-state index in [2.05, 4.69) is 29.8 Å². The third-order valence-electron chi connectivity index (χ3n) is 2.19. The van der Waals surface area contributed by atoms with Gasteiger partial charge < -0.3 is 4.74 Å². The van der Waals surface area contributed by atoms with Crippen molar-refractivity contribution in [3.8, 4) is 0 Å². The van der Waals surface area contributed by atoms with Crippen LogP contribution in [0, 0.1) is 5.92 Å². The molecule has 0 aromatic heterocycles. The second kappa shape index (κ2) is 6.04. The van der Waals surface area contributed by atoms with Crippen molar-refractivity contribution >= 4 is 21.9 Å². The molecule has 3 heteroatoms. The number of carbonyl (C=O) groups is 1. The van der Waals surface area contributed by atoms with Crippen LogP contribution in [0.1, 0.15) is 36.7 Å². The van der Waals surface area contributed by atoms with Gasteiger partial charge in [-0.2, -0.15) is 0 Å². The van der Waals surface area contributed by atoms with E-state index < -0.39 is 0 Å². The Bertz CT molecular complexity index is 372. The number of ether oxygens (including phenoxy) is 1. The van der Waals surface area contributed by atoms with Crippen LogP contribution in [-0.2, 0) is 11.2 Å².